The van der Waals surface area contributed by atoms with Gasteiger partial charge in [-0.15, -0.1) is 15.3 Å². The van der Waals surface area contributed by atoms with Gasteiger partial charge in [-0.25, -0.2) is 13.1 Å². The van der Waals surface area contributed by atoms with Crippen molar-refractivity contribution in [3.05, 3.63) is 30.3 Å². The van der Waals surface area contributed by atoms with Gasteiger partial charge >= 0.3 is 0 Å². The molecule has 0 unspecified atom stereocenters. The monoisotopic (exact) mass is 421 g/mol. The van der Waals surface area contributed by atoms with E-state index in [1.807, 2.05) is 6.92 Å². The van der Waals surface area contributed by atoms with Gasteiger partial charge in [0.1, 0.15) is 18.1 Å². The van der Waals surface area contributed by atoms with Gasteiger partial charge in [-0.2, -0.15) is 4.52 Å². The molecule has 156 valence electrons. The first kappa shape index (κ1) is 20.8. The van der Waals surface area contributed by atoms with Crippen LogP contribution in [0.1, 0.15) is 13.3 Å². The third-order valence-corrected chi connectivity index (χ3v) is 5.62. The largest absolute Gasteiger partial charge is 0.497 e. The molecule has 1 aromatic carbocycles. The molecule has 0 spiro atoms. The lowest BCUT2D eigenvalue weighted by Gasteiger charge is -2.10. The summed E-state index contributed by atoms with van der Waals surface area (Å²) in [5.41, 5.74) is 1.19. The number of fused-ring (bicyclic) bond motifs is 1. The lowest BCUT2D eigenvalue weighted by atomic mass is 10.2. The number of nitrogens with zero attached hydrogens (tertiary/aromatic N) is 4. The summed E-state index contributed by atoms with van der Waals surface area (Å²) in [5.74, 6) is 2.10. The fraction of sp³-hybridized carbons (Fsp3) is 0.389. The SMILES string of the molecule is CCCS(=O)(=O)NCCOc1ccc2nnc(-c3cc(OC)ccc3OC)n2n1. The van der Waals surface area contributed by atoms with Crippen molar-refractivity contribution in [2.24, 2.45) is 0 Å². The summed E-state index contributed by atoms with van der Waals surface area (Å²) in [6.45, 7) is 2.10. The highest BCUT2D eigenvalue weighted by molar-refractivity contribution is 7.89. The predicted molar refractivity (Wildman–Crippen MR) is 107 cm³/mol. The Morgan fingerprint density at radius 1 is 1.10 bits per heavy atom. The quantitative estimate of drug-likeness (QED) is 0.490. The van der Waals surface area contributed by atoms with Crippen LogP contribution in [0.15, 0.2) is 30.3 Å². The number of ether oxygens (including phenoxy) is 3. The first-order valence-electron chi connectivity index (χ1n) is 9.02. The number of sulfonamides is 1. The Bertz CT molecular complexity index is 1080. The third kappa shape index (κ3) is 4.93. The Kier molecular flexibility index (Phi) is 6.49. The number of nitrogens with one attached hydrogen (secondary N) is 1. The molecule has 0 aliphatic carbocycles. The van der Waals surface area contributed by atoms with E-state index in [2.05, 4.69) is 20.0 Å². The molecule has 2 heterocycles. The molecule has 2 aromatic heterocycles. The Morgan fingerprint density at radius 3 is 2.66 bits per heavy atom. The van der Waals surface area contributed by atoms with Crippen LogP contribution in [0.4, 0.5) is 0 Å². The zero-order valence-corrected chi connectivity index (χ0v) is 17.3. The normalized spacial score (nSPS) is 11.6. The molecule has 0 amide bonds. The van der Waals surface area contributed by atoms with Crippen LogP contribution in [0, 0.1) is 0 Å². The molecule has 0 aliphatic rings. The van der Waals surface area contributed by atoms with E-state index in [0.717, 1.165) is 0 Å². The molecular weight excluding hydrogens is 398 g/mol. The molecule has 11 heteroatoms. The minimum Gasteiger partial charge on any atom is -0.497 e. The van der Waals surface area contributed by atoms with Crippen LogP contribution in [0.2, 0.25) is 0 Å². The van der Waals surface area contributed by atoms with Crippen LogP contribution in [0.5, 0.6) is 17.4 Å². The van der Waals surface area contributed by atoms with Gasteiger partial charge < -0.3 is 14.2 Å². The van der Waals surface area contributed by atoms with Crippen LogP contribution < -0.4 is 18.9 Å². The maximum atomic E-state index is 11.7. The standard InChI is InChI=1S/C18H23N5O5S/c1-4-11-29(24,25)19-9-10-28-17-8-7-16-20-21-18(23(16)22-17)14-12-13(26-2)5-6-15(14)27-3/h5-8,12,19H,4,9-11H2,1-3H3. The average Bonchev–Trinajstić information content (AvgIpc) is 3.13. The number of benzene rings is 1. The van der Waals surface area contributed by atoms with E-state index in [4.69, 9.17) is 14.2 Å². The second kappa shape index (κ2) is 9.05. The Hall–Kier alpha value is -2.92. The first-order valence-corrected chi connectivity index (χ1v) is 10.7. The molecule has 0 aliphatic heterocycles. The Labute approximate surface area is 168 Å². The second-order valence-electron chi connectivity index (χ2n) is 6.09. The molecule has 0 atom stereocenters. The van der Waals surface area contributed by atoms with Crippen molar-refractivity contribution >= 4 is 15.7 Å². The van der Waals surface area contributed by atoms with Crippen molar-refractivity contribution in [1.82, 2.24) is 24.5 Å². The predicted octanol–water partition coefficient (Wildman–Crippen LogP) is 1.52. The first-order chi connectivity index (χ1) is 14.0. The van der Waals surface area contributed by atoms with E-state index in [1.165, 1.54) is 4.52 Å². The summed E-state index contributed by atoms with van der Waals surface area (Å²) >= 11 is 0. The number of rotatable bonds is 10. The van der Waals surface area contributed by atoms with Gasteiger partial charge in [0.15, 0.2) is 11.5 Å². The van der Waals surface area contributed by atoms with E-state index in [0.29, 0.717) is 40.8 Å². The topological polar surface area (TPSA) is 117 Å². The van der Waals surface area contributed by atoms with Crippen LogP contribution in [-0.4, -0.2) is 61.4 Å². The second-order valence-corrected chi connectivity index (χ2v) is 8.02. The van der Waals surface area contributed by atoms with Gasteiger partial charge in [0, 0.05) is 12.6 Å². The summed E-state index contributed by atoms with van der Waals surface area (Å²) in [6.07, 6.45) is 0.554. The van der Waals surface area contributed by atoms with Gasteiger partial charge in [0.25, 0.3) is 0 Å². The van der Waals surface area contributed by atoms with Gasteiger partial charge in [0.05, 0.1) is 25.5 Å². The van der Waals surface area contributed by atoms with Crippen LogP contribution in [-0.2, 0) is 10.0 Å². The van der Waals surface area contributed by atoms with Crippen LogP contribution >= 0.6 is 0 Å². The smallest absolute Gasteiger partial charge is 0.231 e. The lowest BCUT2D eigenvalue weighted by molar-refractivity contribution is 0.306. The van der Waals surface area contributed by atoms with Gasteiger partial charge in [0.2, 0.25) is 15.9 Å². The third-order valence-electron chi connectivity index (χ3n) is 4.03. The van der Waals surface area contributed by atoms with Crippen molar-refractivity contribution < 1.29 is 22.6 Å². The van der Waals surface area contributed by atoms with Crippen molar-refractivity contribution in [2.45, 2.75) is 13.3 Å². The van der Waals surface area contributed by atoms with Crippen LogP contribution in [0.25, 0.3) is 17.0 Å². The van der Waals surface area contributed by atoms with Crippen molar-refractivity contribution in [1.29, 1.82) is 0 Å². The maximum absolute atomic E-state index is 11.7. The average molecular weight is 421 g/mol. The highest BCUT2D eigenvalue weighted by Gasteiger charge is 2.16. The van der Waals surface area contributed by atoms with Gasteiger partial charge in [-0.3, -0.25) is 0 Å². The molecule has 0 radical (unpaired) electrons. The molecule has 3 aromatic rings. The number of hydrogen-bond acceptors (Lipinski definition) is 8. The molecule has 3 rings (SSSR count). The fourth-order valence-corrected chi connectivity index (χ4v) is 3.78. The van der Waals surface area contributed by atoms with Crippen molar-refractivity contribution in [3.63, 3.8) is 0 Å². The molecule has 10 nitrogen and oxygen atoms in total. The molecule has 0 saturated heterocycles. The number of aromatic nitrogens is 4. The summed E-state index contributed by atoms with van der Waals surface area (Å²) in [6, 6.07) is 8.71. The van der Waals surface area contributed by atoms with E-state index >= 15 is 0 Å². The molecule has 0 fully saturated rings. The minimum absolute atomic E-state index is 0.0870. The number of hydrogen-bond donors (Lipinski definition) is 1. The Balaban J connectivity index is 1.81. The summed E-state index contributed by atoms with van der Waals surface area (Å²) in [7, 11) is -0.129. The molecule has 29 heavy (non-hydrogen) atoms. The summed E-state index contributed by atoms with van der Waals surface area (Å²) < 4.78 is 43.6. The zero-order chi connectivity index (χ0) is 20.9. The minimum atomic E-state index is -3.27. The molecular formula is C18H23N5O5S. The zero-order valence-electron chi connectivity index (χ0n) is 16.5. The summed E-state index contributed by atoms with van der Waals surface area (Å²) in [4.78, 5) is 0. The highest BCUT2D eigenvalue weighted by Crippen LogP contribution is 2.32. The Morgan fingerprint density at radius 2 is 1.93 bits per heavy atom. The van der Waals surface area contributed by atoms with Gasteiger partial charge in [-0.1, -0.05) is 6.92 Å². The van der Waals surface area contributed by atoms with E-state index in [9.17, 15) is 8.42 Å². The lowest BCUT2D eigenvalue weighted by Crippen LogP contribution is -2.30. The molecule has 1 N–H and O–H groups in total. The van der Waals surface area contributed by atoms with Crippen molar-refractivity contribution in [3.8, 4) is 28.8 Å². The summed E-state index contributed by atoms with van der Waals surface area (Å²) in [5, 5.41) is 12.7. The highest BCUT2D eigenvalue weighted by atomic mass is 32.2. The van der Waals surface area contributed by atoms with E-state index in [-0.39, 0.29) is 18.9 Å². The fourth-order valence-electron chi connectivity index (χ4n) is 2.70. The van der Waals surface area contributed by atoms with E-state index in [1.54, 1.807) is 44.6 Å². The maximum Gasteiger partial charge on any atom is 0.231 e. The van der Waals surface area contributed by atoms with Crippen molar-refractivity contribution in [2.75, 3.05) is 33.1 Å². The van der Waals surface area contributed by atoms with Gasteiger partial charge in [-0.05, 0) is 30.7 Å². The molecule has 0 saturated carbocycles. The van der Waals surface area contributed by atoms with E-state index < -0.39 is 10.0 Å². The molecule has 0 bridgehead atoms. The number of methoxy groups -OCH3 is 2. The van der Waals surface area contributed by atoms with Crippen LogP contribution in [0.3, 0.4) is 0 Å².